The molecule has 2 fully saturated rings. The monoisotopic (exact) mass is 422 g/mol. The molecule has 0 aliphatic carbocycles. The molecular formula is C21H26N8O2. The molecule has 3 aromatic rings. The van der Waals surface area contributed by atoms with Crippen LogP contribution in [0.5, 0.6) is 0 Å². The van der Waals surface area contributed by atoms with Gasteiger partial charge in [0.25, 0.3) is 0 Å². The van der Waals surface area contributed by atoms with E-state index in [-0.39, 0.29) is 11.8 Å². The second kappa shape index (κ2) is 8.84. The van der Waals surface area contributed by atoms with Gasteiger partial charge in [-0.2, -0.15) is 4.52 Å². The van der Waals surface area contributed by atoms with Crippen molar-refractivity contribution in [2.45, 2.75) is 19.4 Å². The highest BCUT2D eigenvalue weighted by Crippen LogP contribution is 2.22. The van der Waals surface area contributed by atoms with Crippen molar-refractivity contribution in [3.63, 3.8) is 0 Å². The van der Waals surface area contributed by atoms with Crippen LogP contribution in [-0.2, 0) is 16.1 Å². The molecule has 0 aromatic carbocycles. The Morgan fingerprint density at radius 1 is 1.06 bits per heavy atom. The molecule has 0 saturated carbocycles. The van der Waals surface area contributed by atoms with E-state index in [4.69, 9.17) is 4.74 Å². The Labute approximate surface area is 180 Å². The van der Waals surface area contributed by atoms with Crippen molar-refractivity contribution in [3.05, 3.63) is 42.4 Å². The summed E-state index contributed by atoms with van der Waals surface area (Å²) >= 11 is 0. The van der Waals surface area contributed by atoms with Gasteiger partial charge in [-0.05, 0) is 42.7 Å². The molecule has 0 radical (unpaired) electrons. The summed E-state index contributed by atoms with van der Waals surface area (Å²) in [6, 6.07) is 7.88. The number of ether oxygens (including phenoxy) is 1. The van der Waals surface area contributed by atoms with Crippen LogP contribution in [0.2, 0.25) is 0 Å². The van der Waals surface area contributed by atoms with E-state index < -0.39 is 0 Å². The van der Waals surface area contributed by atoms with Gasteiger partial charge in [-0.1, -0.05) is 0 Å². The van der Waals surface area contributed by atoms with Gasteiger partial charge in [0, 0.05) is 44.8 Å². The highest BCUT2D eigenvalue weighted by Gasteiger charge is 2.25. The molecule has 0 bridgehead atoms. The Morgan fingerprint density at radius 2 is 1.87 bits per heavy atom. The average Bonchev–Trinajstić information content (AvgIpc) is 3.31. The van der Waals surface area contributed by atoms with Crippen LogP contribution in [0, 0.1) is 5.92 Å². The van der Waals surface area contributed by atoms with Crippen molar-refractivity contribution in [2.75, 3.05) is 49.2 Å². The number of morpholine rings is 1. The van der Waals surface area contributed by atoms with Crippen LogP contribution < -0.4 is 15.1 Å². The first-order valence-electron chi connectivity index (χ1n) is 10.7. The Kier molecular flexibility index (Phi) is 5.61. The minimum atomic E-state index is 0.0236. The van der Waals surface area contributed by atoms with E-state index in [1.54, 1.807) is 10.8 Å². The van der Waals surface area contributed by atoms with Crippen LogP contribution in [-0.4, -0.2) is 70.1 Å². The summed E-state index contributed by atoms with van der Waals surface area (Å²) in [7, 11) is 0. The van der Waals surface area contributed by atoms with Crippen molar-refractivity contribution < 1.29 is 9.53 Å². The summed E-state index contributed by atoms with van der Waals surface area (Å²) in [5.41, 5.74) is 1.79. The predicted octanol–water partition coefficient (Wildman–Crippen LogP) is 0.889. The molecule has 2 aliphatic heterocycles. The van der Waals surface area contributed by atoms with E-state index >= 15 is 0 Å². The molecule has 162 valence electrons. The van der Waals surface area contributed by atoms with Crippen molar-refractivity contribution in [1.29, 1.82) is 0 Å². The molecule has 31 heavy (non-hydrogen) atoms. The summed E-state index contributed by atoms with van der Waals surface area (Å²) in [4.78, 5) is 21.6. The first-order valence-corrected chi connectivity index (χ1v) is 10.7. The van der Waals surface area contributed by atoms with Crippen molar-refractivity contribution >= 4 is 23.2 Å². The molecule has 5 rings (SSSR count). The summed E-state index contributed by atoms with van der Waals surface area (Å²) in [6.07, 6.45) is 5.03. The molecule has 0 spiro atoms. The van der Waals surface area contributed by atoms with E-state index in [2.05, 4.69) is 41.5 Å². The third kappa shape index (κ3) is 4.43. The van der Waals surface area contributed by atoms with E-state index in [0.717, 1.165) is 75.1 Å². The van der Waals surface area contributed by atoms with Gasteiger partial charge in [0.05, 0.1) is 13.2 Å². The Bertz CT molecular complexity index is 1040. The number of hydrogen-bond acceptors (Lipinski definition) is 8. The lowest BCUT2D eigenvalue weighted by molar-refractivity contribution is -0.125. The zero-order valence-corrected chi connectivity index (χ0v) is 17.4. The molecule has 2 saturated heterocycles. The zero-order chi connectivity index (χ0) is 21.0. The van der Waals surface area contributed by atoms with Crippen LogP contribution in [0.4, 0.5) is 11.6 Å². The summed E-state index contributed by atoms with van der Waals surface area (Å²) in [5, 5.41) is 15.5. The van der Waals surface area contributed by atoms with Gasteiger partial charge in [-0.3, -0.25) is 4.79 Å². The number of nitrogens with zero attached hydrogens (tertiary/aromatic N) is 7. The molecule has 1 amide bonds. The largest absolute Gasteiger partial charge is 0.378 e. The van der Waals surface area contributed by atoms with Gasteiger partial charge in [0.15, 0.2) is 5.65 Å². The standard InChI is InChI=1S/C21H26N8O2/c30-21(23-14-16-3-6-22-20(13-16)28-9-11-31-12-10-28)17-4-7-27(8-5-17)19-2-1-18-25-24-15-29(18)26-19/h1-3,6,13,15,17H,4-5,7-12,14H2,(H,23,30). The molecule has 5 heterocycles. The minimum Gasteiger partial charge on any atom is -0.378 e. The summed E-state index contributed by atoms with van der Waals surface area (Å²) in [5.74, 6) is 1.97. The van der Waals surface area contributed by atoms with Gasteiger partial charge in [-0.15, -0.1) is 15.3 Å². The van der Waals surface area contributed by atoms with Gasteiger partial charge < -0.3 is 19.9 Å². The molecule has 3 aromatic heterocycles. The van der Waals surface area contributed by atoms with E-state index in [9.17, 15) is 4.79 Å². The third-order valence-corrected chi connectivity index (χ3v) is 5.95. The molecular weight excluding hydrogens is 396 g/mol. The molecule has 0 unspecified atom stereocenters. The van der Waals surface area contributed by atoms with Crippen molar-refractivity contribution in [1.82, 2.24) is 30.1 Å². The summed E-state index contributed by atoms with van der Waals surface area (Å²) < 4.78 is 7.08. The molecule has 10 nitrogen and oxygen atoms in total. The number of anilines is 2. The van der Waals surface area contributed by atoms with Crippen LogP contribution in [0.3, 0.4) is 0 Å². The number of carbonyl (C=O) groups excluding carboxylic acids is 1. The first kappa shape index (κ1) is 19.7. The quantitative estimate of drug-likeness (QED) is 0.647. The lowest BCUT2D eigenvalue weighted by Crippen LogP contribution is -2.40. The Balaban J connectivity index is 1.13. The zero-order valence-electron chi connectivity index (χ0n) is 17.4. The molecule has 1 N–H and O–H groups in total. The number of nitrogens with one attached hydrogen (secondary N) is 1. The number of carbonyl (C=O) groups is 1. The fourth-order valence-electron chi connectivity index (χ4n) is 4.13. The minimum absolute atomic E-state index is 0.0236. The average molecular weight is 422 g/mol. The van der Waals surface area contributed by atoms with Crippen LogP contribution in [0.1, 0.15) is 18.4 Å². The van der Waals surface area contributed by atoms with Crippen molar-refractivity contribution in [2.24, 2.45) is 5.92 Å². The number of fused-ring (bicyclic) bond motifs is 1. The van der Waals surface area contributed by atoms with E-state index in [0.29, 0.717) is 6.54 Å². The normalized spacial score (nSPS) is 17.8. The maximum Gasteiger partial charge on any atom is 0.223 e. The lowest BCUT2D eigenvalue weighted by Gasteiger charge is -2.32. The number of amides is 1. The second-order valence-electron chi connectivity index (χ2n) is 7.93. The van der Waals surface area contributed by atoms with Gasteiger partial charge >= 0.3 is 0 Å². The SMILES string of the molecule is O=C(NCc1ccnc(N2CCOCC2)c1)C1CCN(c2ccc3nncn3n2)CC1. The van der Waals surface area contributed by atoms with Crippen LogP contribution in [0.25, 0.3) is 5.65 Å². The maximum atomic E-state index is 12.7. The smallest absolute Gasteiger partial charge is 0.223 e. The topological polar surface area (TPSA) is 101 Å². The fraction of sp³-hybridized carbons (Fsp3) is 0.476. The van der Waals surface area contributed by atoms with Crippen LogP contribution in [0.15, 0.2) is 36.8 Å². The van der Waals surface area contributed by atoms with Gasteiger partial charge in [0.2, 0.25) is 5.91 Å². The molecule has 10 heteroatoms. The van der Waals surface area contributed by atoms with Gasteiger partial charge in [-0.25, -0.2) is 4.98 Å². The number of rotatable bonds is 5. The fourth-order valence-corrected chi connectivity index (χ4v) is 4.13. The van der Waals surface area contributed by atoms with Crippen molar-refractivity contribution in [3.8, 4) is 0 Å². The van der Waals surface area contributed by atoms with E-state index in [1.807, 2.05) is 24.4 Å². The molecule has 0 atom stereocenters. The first-order chi connectivity index (χ1) is 15.3. The number of hydrogen-bond donors (Lipinski definition) is 1. The summed E-state index contributed by atoms with van der Waals surface area (Å²) in [6.45, 7) is 5.27. The lowest BCUT2D eigenvalue weighted by atomic mass is 9.96. The van der Waals surface area contributed by atoms with Crippen LogP contribution >= 0.6 is 0 Å². The highest BCUT2D eigenvalue weighted by atomic mass is 16.5. The highest BCUT2D eigenvalue weighted by molar-refractivity contribution is 5.79. The number of aromatic nitrogens is 5. The molecule has 2 aliphatic rings. The number of pyridine rings is 1. The number of piperidine rings is 1. The third-order valence-electron chi connectivity index (χ3n) is 5.95. The van der Waals surface area contributed by atoms with Gasteiger partial charge in [0.1, 0.15) is 18.0 Å². The Hall–Kier alpha value is -3.27. The Morgan fingerprint density at radius 3 is 2.71 bits per heavy atom. The maximum absolute atomic E-state index is 12.7. The predicted molar refractivity (Wildman–Crippen MR) is 115 cm³/mol. The van der Waals surface area contributed by atoms with E-state index in [1.165, 1.54) is 0 Å². The second-order valence-corrected chi connectivity index (χ2v) is 7.93.